The van der Waals surface area contributed by atoms with Gasteiger partial charge in [-0.05, 0) is 47.9 Å². The summed E-state index contributed by atoms with van der Waals surface area (Å²) in [7, 11) is 0. The predicted molar refractivity (Wildman–Crippen MR) is 119 cm³/mol. The Morgan fingerprint density at radius 1 is 1.06 bits per heavy atom. The number of benzene rings is 2. The van der Waals surface area contributed by atoms with E-state index in [-0.39, 0.29) is 18.2 Å². The van der Waals surface area contributed by atoms with Gasteiger partial charge in [0.15, 0.2) is 0 Å². The molecule has 2 aromatic rings. The second-order valence-corrected chi connectivity index (χ2v) is 8.59. The van der Waals surface area contributed by atoms with E-state index in [4.69, 9.17) is 5.11 Å². The van der Waals surface area contributed by atoms with Gasteiger partial charge >= 0.3 is 5.97 Å². The average molecular weight is 439 g/mol. The van der Waals surface area contributed by atoms with Crippen LogP contribution in [0.5, 0.6) is 0 Å². The first-order valence-corrected chi connectivity index (χ1v) is 10.6. The summed E-state index contributed by atoms with van der Waals surface area (Å²) in [5.41, 5.74) is 2.21. The van der Waals surface area contributed by atoms with Crippen LogP contribution in [-0.4, -0.2) is 34.0 Å². The van der Waals surface area contributed by atoms with Crippen molar-refractivity contribution in [3.8, 4) is 0 Å². The molecule has 8 heteroatoms. The van der Waals surface area contributed by atoms with Gasteiger partial charge in [-0.1, -0.05) is 26.0 Å². The molecule has 1 fully saturated rings. The van der Waals surface area contributed by atoms with Gasteiger partial charge in [0.05, 0.1) is 10.9 Å². The highest BCUT2D eigenvalue weighted by Crippen LogP contribution is 2.34. The highest BCUT2D eigenvalue weighted by Gasteiger charge is 2.40. The fraction of sp³-hybridized carbons (Fsp3) is 0.217. The van der Waals surface area contributed by atoms with E-state index in [1.54, 1.807) is 36.4 Å². The first kappa shape index (κ1) is 22.3. The Hall–Kier alpha value is -3.39. The molecule has 0 aliphatic carbocycles. The van der Waals surface area contributed by atoms with Crippen molar-refractivity contribution in [2.24, 2.45) is 0 Å². The molecule has 0 saturated carbocycles. The van der Waals surface area contributed by atoms with Crippen molar-refractivity contribution in [2.75, 3.05) is 10.2 Å². The van der Waals surface area contributed by atoms with Crippen LogP contribution in [-0.2, 0) is 19.2 Å². The minimum Gasteiger partial charge on any atom is -0.478 e. The van der Waals surface area contributed by atoms with Crippen molar-refractivity contribution >= 4 is 46.8 Å². The van der Waals surface area contributed by atoms with Crippen LogP contribution in [0.25, 0.3) is 0 Å². The van der Waals surface area contributed by atoms with Gasteiger partial charge in [0.2, 0.25) is 17.7 Å². The molecular formula is C23H22N2O5S. The SMILES string of the molecule is CC(C)c1ccc(N2C(=O)CC(Sc3ccc(NC(=O)/C=C/C(=O)O)cc3)C2=O)cc1. The predicted octanol–water partition coefficient (Wildman–Crippen LogP) is 3.81. The number of aliphatic carboxylic acids is 1. The van der Waals surface area contributed by atoms with Crippen molar-refractivity contribution in [3.63, 3.8) is 0 Å². The summed E-state index contributed by atoms with van der Waals surface area (Å²) < 4.78 is 0. The first-order chi connectivity index (χ1) is 14.7. The largest absolute Gasteiger partial charge is 0.478 e. The molecule has 1 aliphatic heterocycles. The third kappa shape index (κ3) is 5.61. The second kappa shape index (κ2) is 9.61. The van der Waals surface area contributed by atoms with E-state index < -0.39 is 17.1 Å². The number of anilines is 2. The lowest BCUT2D eigenvalue weighted by molar-refractivity contribution is -0.131. The summed E-state index contributed by atoms with van der Waals surface area (Å²) >= 11 is 1.29. The van der Waals surface area contributed by atoms with Crippen LogP contribution >= 0.6 is 11.8 Å². The highest BCUT2D eigenvalue weighted by atomic mass is 32.2. The molecule has 0 bridgehead atoms. The summed E-state index contributed by atoms with van der Waals surface area (Å²) in [6.45, 7) is 4.16. The molecule has 3 rings (SSSR count). The lowest BCUT2D eigenvalue weighted by Gasteiger charge is -2.16. The number of carbonyl (C=O) groups is 4. The molecule has 160 valence electrons. The van der Waals surface area contributed by atoms with Gasteiger partial charge in [0.25, 0.3) is 0 Å². The third-order valence-corrected chi connectivity index (χ3v) is 5.90. The molecule has 2 aromatic carbocycles. The maximum Gasteiger partial charge on any atom is 0.328 e. The van der Waals surface area contributed by atoms with E-state index in [9.17, 15) is 19.2 Å². The summed E-state index contributed by atoms with van der Waals surface area (Å²) in [5.74, 6) is -1.87. The molecule has 1 atom stereocenters. The van der Waals surface area contributed by atoms with Gasteiger partial charge in [-0.15, -0.1) is 11.8 Å². The van der Waals surface area contributed by atoms with E-state index in [1.807, 2.05) is 12.1 Å². The van der Waals surface area contributed by atoms with Crippen molar-refractivity contribution < 1.29 is 24.3 Å². The number of carboxylic acid groups (broad SMARTS) is 1. The van der Waals surface area contributed by atoms with Crippen molar-refractivity contribution in [1.29, 1.82) is 0 Å². The Morgan fingerprint density at radius 2 is 1.71 bits per heavy atom. The maximum absolute atomic E-state index is 12.9. The molecule has 1 saturated heterocycles. The molecule has 3 amide bonds. The minimum atomic E-state index is -1.21. The molecule has 0 aromatic heterocycles. The number of carboxylic acids is 1. The van der Waals surface area contributed by atoms with Gasteiger partial charge in [0.1, 0.15) is 0 Å². The van der Waals surface area contributed by atoms with Gasteiger partial charge in [0, 0.05) is 29.2 Å². The molecule has 7 nitrogen and oxygen atoms in total. The molecule has 1 aliphatic rings. The van der Waals surface area contributed by atoms with E-state index in [0.29, 0.717) is 17.3 Å². The Morgan fingerprint density at radius 3 is 2.29 bits per heavy atom. The van der Waals surface area contributed by atoms with E-state index in [2.05, 4.69) is 19.2 Å². The van der Waals surface area contributed by atoms with Gasteiger partial charge in [-0.3, -0.25) is 14.4 Å². The van der Waals surface area contributed by atoms with Gasteiger partial charge in [-0.2, -0.15) is 0 Å². The lowest BCUT2D eigenvalue weighted by Crippen LogP contribution is -2.31. The third-order valence-electron chi connectivity index (χ3n) is 4.70. The van der Waals surface area contributed by atoms with Crippen LogP contribution in [0.1, 0.15) is 31.7 Å². The van der Waals surface area contributed by atoms with Crippen LogP contribution < -0.4 is 10.2 Å². The molecule has 2 N–H and O–H groups in total. The van der Waals surface area contributed by atoms with Gasteiger partial charge < -0.3 is 10.4 Å². The van der Waals surface area contributed by atoms with Crippen LogP contribution in [0.2, 0.25) is 0 Å². The summed E-state index contributed by atoms with van der Waals surface area (Å²) in [6, 6.07) is 14.2. The Kier molecular flexibility index (Phi) is 6.91. The average Bonchev–Trinajstić information content (AvgIpc) is 3.01. The fourth-order valence-electron chi connectivity index (χ4n) is 3.09. The monoisotopic (exact) mass is 438 g/mol. The number of hydrogen-bond donors (Lipinski definition) is 2. The van der Waals surface area contributed by atoms with Gasteiger partial charge in [-0.25, -0.2) is 9.69 Å². The smallest absolute Gasteiger partial charge is 0.328 e. The summed E-state index contributed by atoms with van der Waals surface area (Å²) in [4.78, 5) is 49.4. The lowest BCUT2D eigenvalue weighted by atomic mass is 10.0. The van der Waals surface area contributed by atoms with E-state index in [1.165, 1.54) is 16.7 Å². The number of nitrogens with zero attached hydrogens (tertiary/aromatic N) is 1. The molecule has 1 unspecified atom stereocenters. The number of rotatable bonds is 7. The normalized spacial score (nSPS) is 16.4. The van der Waals surface area contributed by atoms with Crippen LogP contribution in [0.15, 0.2) is 65.6 Å². The van der Waals surface area contributed by atoms with Crippen molar-refractivity contribution in [3.05, 3.63) is 66.2 Å². The second-order valence-electron chi connectivity index (χ2n) is 7.31. The van der Waals surface area contributed by atoms with Crippen LogP contribution in [0.4, 0.5) is 11.4 Å². The van der Waals surface area contributed by atoms with Crippen molar-refractivity contribution in [1.82, 2.24) is 0 Å². The standard InChI is InChI=1S/C23H22N2O5S/c1-14(2)15-3-7-17(8-4-15)25-21(27)13-19(23(25)30)31-18-9-5-16(6-10-18)24-20(26)11-12-22(28)29/h3-12,14,19H,13H2,1-2H3,(H,24,26)(H,28,29)/b12-11+. The van der Waals surface area contributed by atoms with Crippen LogP contribution in [0.3, 0.4) is 0 Å². The first-order valence-electron chi connectivity index (χ1n) is 9.70. The zero-order chi connectivity index (χ0) is 22.5. The van der Waals surface area contributed by atoms with Crippen molar-refractivity contribution in [2.45, 2.75) is 36.3 Å². The fourth-order valence-corrected chi connectivity index (χ4v) is 4.14. The number of imide groups is 1. The van der Waals surface area contributed by atoms with Crippen LogP contribution in [0, 0.1) is 0 Å². The molecule has 0 radical (unpaired) electrons. The van der Waals surface area contributed by atoms with E-state index >= 15 is 0 Å². The maximum atomic E-state index is 12.9. The Balaban J connectivity index is 1.64. The quantitative estimate of drug-likeness (QED) is 0.503. The molecular weight excluding hydrogens is 416 g/mol. The highest BCUT2D eigenvalue weighted by molar-refractivity contribution is 8.00. The number of carbonyl (C=O) groups excluding carboxylic acids is 3. The zero-order valence-corrected chi connectivity index (χ0v) is 17.9. The summed E-state index contributed by atoms with van der Waals surface area (Å²) in [6.07, 6.45) is 1.80. The zero-order valence-electron chi connectivity index (χ0n) is 17.1. The molecule has 31 heavy (non-hydrogen) atoms. The van der Waals surface area contributed by atoms with E-state index in [0.717, 1.165) is 22.6 Å². The molecule has 0 spiro atoms. The Labute approximate surface area is 184 Å². The Bertz CT molecular complexity index is 1030. The minimum absolute atomic E-state index is 0.119. The summed E-state index contributed by atoms with van der Waals surface area (Å²) in [5, 5.41) is 10.6. The molecule has 1 heterocycles. The number of amides is 3. The number of nitrogens with one attached hydrogen (secondary N) is 1. The topological polar surface area (TPSA) is 104 Å². The number of hydrogen-bond acceptors (Lipinski definition) is 5. The number of thioether (sulfide) groups is 1.